The second-order valence-corrected chi connectivity index (χ2v) is 3.96. The molecule has 6 nitrogen and oxygen atoms in total. The quantitative estimate of drug-likeness (QED) is 0.738. The average molecular weight is 239 g/mol. The van der Waals surface area contributed by atoms with Crippen LogP contribution >= 0.6 is 0 Å². The molecule has 0 spiro atoms. The van der Waals surface area contributed by atoms with Gasteiger partial charge in [-0.3, -0.25) is 9.48 Å². The van der Waals surface area contributed by atoms with E-state index in [4.69, 9.17) is 4.74 Å². The lowest BCUT2D eigenvalue weighted by molar-refractivity contribution is 0.100. The molecule has 1 aromatic heterocycles. The number of ether oxygens (including phenoxy) is 1. The van der Waals surface area contributed by atoms with Crippen molar-refractivity contribution in [1.82, 2.24) is 14.7 Å². The summed E-state index contributed by atoms with van der Waals surface area (Å²) >= 11 is 0. The topological polar surface area (TPSA) is 64.4 Å². The molecule has 0 aromatic carbocycles. The fourth-order valence-electron chi connectivity index (χ4n) is 1.26. The van der Waals surface area contributed by atoms with Gasteiger partial charge in [-0.15, -0.1) is 0 Å². The summed E-state index contributed by atoms with van der Waals surface area (Å²) in [4.78, 5) is 23.6. The Morgan fingerprint density at radius 1 is 1.47 bits per heavy atom. The number of carbonyl (C=O) groups excluding carboxylic acids is 2. The van der Waals surface area contributed by atoms with Gasteiger partial charge < -0.3 is 9.64 Å². The van der Waals surface area contributed by atoms with Gasteiger partial charge in [0, 0.05) is 26.7 Å². The minimum atomic E-state index is -0.387. The second-order valence-electron chi connectivity index (χ2n) is 3.96. The lowest BCUT2D eigenvalue weighted by Gasteiger charge is -2.11. The van der Waals surface area contributed by atoms with Crippen molar-refractivity contribution in [1.29, 1.82) is 0 Å². The van der Waals surface area contributed by atoms with E-state index in [0.29, 0.717) is 12.2 Å². The molecule has 0 aliphatic rings. The smallest absolute Gasteiger partial charge is 0.409 e. The molecule has 0 N–H and O–H groups in total. The van der Waals surface area contributed by atoms with Gasteiger partial charge in [0.25, 0.3) is 0 Å². The van der Waals surface area contributed by atoms with Crippen molar-refractivity contribution in [2.24, 2.45) is 0 Å². The predicted molar refractivity (Wildman–Crippen MR) is 62.0 cm³/mol. The van der Waals surface area contributed by atoms with Gasteiger partial charge in [-0.1, -0.05) is 0 Å². The van der Waals surface area contributed by atoms with Crippen LogP contribution in [0.2, 0.25) is 0 Å². The van der Waals surface area contributed by atoms with Crippen molar-refractivity contribution in [3.8, 4) is 0 Å². The summed E-state index contributed by atoms with van der Waals surface area (Å²) < 4.78 is 6.63. The predicted octanol–water partition coefficient (Wildman–Crippen LogP) is 1.09. The van der Waals surface area contributed by atoms with Crippen LogP contribution in [0.15, 0.2) is 6.07 Å². The normalized spacial score (nSPS) is 10.1. The SMILES string of the molecule is CC(=O)c1cc(C)n(CCOC(=O)N(C)C)n1. The fourth-order valence-corrected chi connectivity index (χ4v) is 1.26. The van der Waals surface area contributed by atoms with Crippen molar-refractivity contribution in [3.05, 3.63) is 17.5 Å². The van der Waals surface area contributed by atoms with Crippen molar-refractivity contribution in [3.63, 3.8) is 0 Å². The molecule has 1 heterocycles. The lowest BCUT2D eigenvalue weighted by atomic mass is 10.3. The summed E-state index contributed by atoms with van der Waals surface area (Å²) in [5, 5.41) is 4.11. The Balaban J connectivity index is 2.52. The van der Waals surface area contributed by atoms with Crippen LogP contribution in [-0.2, 0) is 11.3 Å². The Labute approximate surface area is 100 Å². The Morgan fingerprint density at radius 3 is 2.59 bits per heavy atom. The Kier molecular flexibility index (Phi) is 4.25. The molecule has 0 saturated heterocycles. The van der Waals surface area contributed by atoms with Crippen molar-refractivity contribution in [2.45, 2.75) is 20.4 Å². The summed E-state index contributed by atoms with van der Waals surface area (Å²) in [6.45, 7) is 4.00. The Morgan fingerprint density at radius 2 is 2.12 bits per heavy atom. The molecule has 0 fully saturated rings. The number of ketones is 1. The molecule has 17 heavy (non-hydrogen) atoms. The van der Waals surface area contributed by atoms with Gasteiger partial charge in [0.05, 0.1) is 6.54 Å². The number of hydrogen-bond donors (Lipinski definition) is 0. The third kappa shape index (κ3) is 3.58. The van der Waals surface area contributed by atoms with E-state index in [1.807, 2.05) is 6.92 Å². The number of amides is 1. The molecule has 94 valence electrons. The zero-order chi connectivity index (χ0) is 13.0. The molecule has 1 amide bonds. The van der Waals surface area contributed by atoms with Gasteiger partial charge in [-0.05, 0) is 13.0 Å². The summed E-state index contributed by atoms with van der Waals surface area (Å²) in [6, 6.07) is 1.72. The van der Waals surface area contributed by atoms with Crippen LogP contribution in [0.25, 0.3) is 0 Å². The summed E-state index contributed by atoms with van der Waals surface area (Å²) in [5.41, 5.74) is 1.30. The first-order valence-electron chi connectivity index (χ1n) is 5.31. The number of rotatable bonds is 4. The van der Waals surface area contributed by atoms with Crippen LogP contribution in [0.4, 0.5) is 4.79 Å². The average Bonchev–Trinajstić information content (AvgIpc) is 2.60. The summed E-state index contributed by atoms with van der Waals surface area (Å²) in [7, 11) is 3.24. The zero-order valence-electron chi connectivity index (χ0n) is 10.6. The number of carbonyl (C=O) groups is 2. The molecular formula is C11H17N3O3. The van der Waals surface area contributed by atoms with Gasteiger partial charge >= 0.3 is 6.09 Å². The molecule has 0 radical (unpaired) electrons. The van der Waals surface area contributed by atoms with Gasteiger partial charge in [0.15, 0.2) is 5.78 Å². The second kappa shape index (κ2) is 5.47. The van der Waals surface area contributed by atoms with Crippen LogP contribution in [0.1, 0.15) is 23.1 Å². The Hall–Kier alpha value is -1.85. The van der Waals surface area contributed by atoms with Gasteiger partial charge in [-0.2, -0.15) is 5.10 Å². The van der Waals surface area contributed by atoms with E-state index in [1.54, 1.807) is 24.8 Å². The maximum Gasteiger partial charge on any atom is 0.409 e. The molecule has 1 aromatic rings. The highest BCUT2D eigenvalue weighted by Gasteiger charge is 2.09. The van der Waals surface area contributed by atoms with Crippen LogP contribution in [0, 0.1) is 6.92 Å². The van der Waals surface area contributed by atoms with Gasteiger partial charge in [-0.25, -0.2) is 4.79 Å². The van der Waals surface area contributed by atoms with Crippen LogP contribution < -0.4 is 0 Å². The van der Waals surface area contributed by atoms with Gasteiger partial charge in [0.2, 0.25) is 0 Å². The first-order valence-corrected chi connectivity index (χ1v) is 5.31. The highest BCUT2D eigenvalue weighted by Crippen LogP contribution is 2.04. The maximum atomic E-state index is 11.2. The van der Waals surface area contributed by atoms with E-state index in [1.165, 1.54) is 11.8 Å². The molecular weight excluding hydrogens is 222 g/mol. The maximum absolute atomic E-state index is 11.2. The van der Waals surface area contributed by atoms with Crippen LogP contribution in [-0.4, -0.2) is 47.3 Å². The minimum absolute atomic E-state index is 0.0721. The van der Waals surface area contributed by atoms with Crippen LogP contribution in [0.3, 0.4) is 0 Å². The number of aryl methyl sites for hydroxylation is 1. The van der Waals surface area contributed by atoms with E-state index < -0.39 is 0 Å². The molecule has 6 heteroatoms. The summed E-state index contributed by atoms with van der Waals surface area (Å²) in [6.07, 6.45) is -0.387. The Bertz CT molecular complexity index is 424. The highest BCUT2D eigenvalue weighted by atomic mass is 16.6. The van der Waals surface area contributed by atoms with Crippen LogP contribution in [0.5, 0.6) is 0 Å². The van der Waals surface area contributed by atoms with E-state index >= 15 is 0 Å². The number of hydrogen-bond acceptors (Lipinski definition) is 4. The molecule has 0 aliphatic heterocycles. The largest absolute Gasteiger partial charge is 0.447 e. The van der Waals surface area contributed by atoms with Crippen molar-refractivity contribution in [2.75, 3.05) is 20.7 Å². The van der Waals surface area contributed by atoms with Crippen molar-refractivity contribution < 1.29 is 14.3 Å². The highest BCUT2D eigenvalue weighted by molar-refractivity contribution is 5.92. The number of aromatic nitrogens is 2. The first-order chi connectivity index (χ1) is 7.91. The van der Waals surface area contributed by atoms with E-state index in [0.717, 1.165) is 5.69 Å². The first kappa shape index (κ1) is 13.2. The lowest BCUT2D eigenvalue weighted by Crippen LogP contribution is -2.24. The molecule has 0 atom stereocenters. The van der Waals surface area contributed by atoms with E-state index in [2.05, 4.69) is 5.10 Å². The molecule has 1 rings (SSSR count). The molecule has 0 aliphatic carbocycles. The third-order valence-electron chi connectivity index (χ3n) is 2.24. The third-order valence-corrected chi connectivity index (χ3v) is 2.24. The van der Waals surface area contributed by atoms with Gasteiger partial charge in [0.1, 0.15) is 12.3 Å². The fraction of sp³-hybridized carbons (Fsp3) is 0.545. The molecule has 0 bridgehead atoms. The molecule has 0 saturated carbocycles. The minimum Gasteiger partial charge on any atom is -0.447 e. The standard InChI is InChI=1S/C11H17N3O3/c1-8-7-10(9(2)15)12-14(8)5-6-17-11(16)13(3)4/h7H,5-6H2,1-4H3. The monoisotopic (exact) mass is 239 g/mol. The zero-order valence-corrected chi connectivity index (χ0v) is 10.6. The molecule has 0 unspecified atom stereocenters. The van der Waals surface area contributed by atoms with E-state index in [9.17, 15) is 9.59 Å². The summed E-state index contributed by atoms with van der Waals surface area (Å²) in [5.74, 6) is -0.0721. The van der Waals surface area contributed by atoms with E-state index in [-0.39, 0.29) is 18.5 Å². The number of Topliss-reactive ketones (excluding diaryl/α,β-unsaturated/α-hetero) is 1. The number of nitrogens with zero attached hydrogens (tertiary/aromatic N) is 3. The van der Waals surface area contributed by atoms with Crippen molar-refractivity contribution >= 4 is 11.9 Å².